The number of aromatic nitrogens is 2. The summed E-state index contributed by atoms with van der Waals surface area (Å²) in [4.78, 5) is 33.1. The third kappa shape index (κ3) is 8.41. The number of alkyl halides is 3. The first kappa shape index (κ1) is 30.8. The molecule has 2 aromatic carbocycles. The highest BCUT2D eigenvalue weighted by Gasteiger charge is 2.31. The van der Waals surface area contributed by atoms with Crippen LogP contribution in [0.3, 0.4) is 0 Å². The van der Waals surface area contributed by atoms with Crippen LogP contribution >= 0.6 is 0 Å². The number of benzene rings is 2. The summed E-state index contributed by atoms with van der Waals surface area (Å²) in [5.74, 6) is -0.393. The maximum atomic E-state index is 13.5. The number of rotatable bonds is 8. The SMILES string of the molecule is C[C@@H](NC(=O)c1cnc(O[C@H]2CCOC2)nc1)c1ccc(-c2cc(C(F)(F)F)ccc2CNC(=O)OC(C)(C)C)cc1. The molecule has 0 unspecified atom stereocenters. The van der Waals surface area contributed by atoms with E-state index in [0.29, 0.717) is 29.9 Å². The lowest BCUT2D eigenvalue weighted by molar-refractivity contribution is -0.137. The molecule has 1 fully saturated rings. The summed E-state index contributed by atoms with van der Waals surface area (Å²) in [6.45, 7) is 7.99. The van der Waals surface area contributed by atoms with Gasteiger partial charge in [0.05, 0.1) is 30.4 Å². The average molecular weight is 587 g/mol. The maximum Gasteiger partial charge on any atom is 0.416 e. The fourth-order valence-electron chi connectivity index (χ4n) is 4.22. The molecule has 1 aliphatic rings. The third-order valence-electron chi connectivity index (χ3n) is 6.38. The second kappa shape index (κ2) is 12.8. The van der Waals surface area contributed by atoms with Gasteiger partial charge in [-0.3, -0.25) is 4.79 Å². The van der Waals surface area contributed by atoms with E-state index in [1.807, 2.05) is 0 Å². The minimum Gasteiger partial charge on any atom is -0.458 e. The van der Waals surface area contributed by atoms with Crippen molar-refractivity contribution in [2.75, 3.05) is 13.2 Å². The van der Waals surface area contributed by atoms with E-state index < -0.39 is 35.4 Å². The zero-order valence-electron chi connectivity index (χ0n) is 23.7. The van der Waals surface area contributed by atoms with E-state index in [9.17, 15) is 22.8 Å². The van der Waals surface area contributed by atoms with Gasteiger partial charge in [-0.15, -0.1) is 0 Å². The molecule has 2 heterocycles. The lowest BCUT2D eigenvalue weighted by atomic mass is 9.95. The van der Waals surface area contributed by atoms with E-state index in [-0.39, 0.29) is 24.2 Å². The molecule has 0 saturated carbocycles. The Kier molecular flexibility index (Phi) is 9.35. The summed E-state index contributed by atoms with van der Waals surface area (Å²) in [5.41, 5.74) is 0.766. The van der Waals surface area contributed by atoms with Crippen LogP contribution in [0, 0.1) is 0 Å². The number of halogens is 3. The Balaban J connectivity index is 1.45. The quantitative estimate of drug-likeness (QED) is 0.341. The second-order valence-electron chi connectivity index (χ2n) is 10.9. The van der Waals surface area contributed by atoms with Gasteiger partial charge in [0, 0.05) is 25.4 Å². The molecule has 0 radical (unpaired) electrons. The van der Waals surface area contributed by atoms with Gasteiger partial charge in [0.15, 0.2) is 0 Å². The lowest BCUT2D eigenvalue weighted by Gasteiger charge is -2.20. The van der Waals surface area contributed by atoms with Gasteiger partial charge in [-0.05, 0) is 62.1 Å². The van der Waals surface area contributed by atoms with Crippen LogP contribution in [0.4, 0.5) is 18.0 Å². The molecular weight excluding hydrogens is 553 g/mol. The predicted molar refractivity (Wildman–Crippen MR) is 148 cm³/mol. The number of carbonyl (C=O) groups excluding carboxylic acids is 2. The van der Waals surface area contributed by atoms with E-state index in [1.165, 1.54) is 18.5 Å². The summed E-state index contributed by atoms with van der Waals surface area (Å²) in [7, 11) is 0. The first-order chi connectivity index (χ1) is 19.8. The first-order valence-corrected chi connectivity index (χ1v) is 13.4. The van der Waals surface area contributed by atoms with Crippen LogP contribution in [-0.2, 0) is 22.2 Å². The minimum atomic E-state index is -4.54. The van der Waals surface area contributed by atoms with Crippen molar-refractivity contribution in [2.45, 2.75) is 64.6 Å². The summed E-state index contributed by atoms with van der Waals surface area (Å²) in [5, 5.41) is 5.46. The summed E-state index contributed by atoms with van der Waals surface area (Å²) in [6, 6.07) is 9.91. The van der Waals surface area contributed by atoms with Crippen molar-refractivity contribution in [3.8, 4) is 17.1 Å². The molecule has 1 aromatic heterocycles. The molecule has 4 rings (SSSR count). The van der Waals surface area contributed by atoms with Crippen molar-refractivity contribution < 1.29 is 37.0 Å². The van der Waals surface area contributed by atoms with Crippen molar-refractivity contribution in [3.63, 3.8) is 0 Å². The Morgan fingerprint density at radius 1 is 1.07 bits per heavy atom. The number of alkyl carbamates (subject to hydrolysis) is 1. The molecule has 12 heteroatoms. The van der Waals surface area contributed by atoms with Crippen LogP contribution in [-0.4, -0.2) is 46.9 Å². The molecular formula is C30H33F3N4O5. The fourth-order valence-corrected chi connectivity index (χ4v) is 4.22. The summed E-state index contributed by atoms with van der Waals surface area (Å²) in [6.07, 6.45) is -1.82. The zero-order chi connectivity index (χ0) is 30.5. The minimum absolute atomic E-state index is 0.0308. The molecule has 224 valence electrons. The van der Waals surface area contributed by atoms with E-state index in [1.54, 1.807) is 52.0 Å². The number of hydrogen-bond acceptors (Lipinski definition) is 7. The van der Waals surface area contributed by atoms with Gasteiger partial charge in [0.25, 0.3) is 5.91 Å². The number of amides is 2. The predicted octanol–water partition coefficient (Wildman–Crippen LogP) is 5.85. The highest BCUT2D eigenvalue weighted by Crippen LogP contribution is 2.34. The molecule has 1 saturated heterocycles. The van der Waals surface area contributed by atoms with Gasteiger partial charge in [0.1, 0.15) is 11.7 Å². The van der Waals surface area contributed by atoms with Crippen molar-refractivity contribution in [1.29, 1.82) is 0 Å². The number of nitrogens with one attached hydrogen (secondary N) is 2. The van der Waals surface area contributed by atoms with Gasteiger partial charge < -0.3 is 24.8 Å². The van der Waals surface area contributed by atoms with Crippen LogP contribution in [0.5, 0.6) is 6.01 Å². The highest BCUT2D eigenvalue weighted by atomic mass is 19.4. The largest absolute Gasteiger partial charge is 0.458 e. The normalized spacial score (nSPS) is 16.0. The molecule has 2 N–H and O–H groups in total. The van der Waals surface area contributed by atoms with E-state index in [0.717, 1.165) is 24.1 Å². The summed E-state index contributed by atoms with van der Waals surface area (Å²) < 4.78 is 56.6. The van der Waals surface area contributed by atoms with Crippen molar-refractivity contribution in [2.24, 2.45) is 0 Å². The third-order valence-corrected chi connectivity index (χ3v) is 6.38. The first-order valence-electron chi connectivity index (χ1n) is 13.4. The monoisotopic (exact) mass is 586 g/mol. The van der Waals surface area contributed by atoms with Crippen molar-refractivity contribution >= 4 is 12.0 Å². The number of hydrogen-bond donors (Lipinski definition) is 2. The molecule has 2 amide bonds. The fraction of sp³-hybridized carbons (Fsp3) is 0.400. The summed E-state index contributed by atoms with van der Waals surface area (Å²) >= 11 is 0. The molecule has 0 aliphatic carbocycles. The zero-order valence-corrected chi connectivity index (χ0v) is 23.7. The Morgan fingerprint density at radius 3 is 2.36 bits per heavy atom. The van der Waals surface area contributed by atoms with Crippen molar-refractivity contribution in [3.05, 3.63) is 77.1 Å². The molecule has 0 spiro atoms. The lowest BCUT2D eigenvalue weighted by Crippen LogP contribution is -2.32. The number of nitrogens with zero attached hydrogens (tertiary/aromatic N) is 2. The topological polar surface area (TPSA) is 112 Å². The second-order valence-corrected chi connectivity index (χ2v) is 10.9. The Labute approximate surface area is 241 Å². The molecule has 0 bridgehead atoms. The number of carbonyl (C=O) groups is 2. The Morgan fingerprint density at radius 2 is 1.76 bits per heavy atom. The molecule has 2 atom stereocenters. The van der Waals surface area contributed by atoms with Crippen LogP contribution in [0.1, 0.15) is 67.2 Å². The smallest absolute Gasteiger partial charge is 0.416 e. The molecule has 1 aliphatic heterocycles. The molecule has 42 heavy (non-hydrogen) atoms. The standard InChI is InChI=1S/C30H33F3N4O5/c1-18(37-26(38)22-15-34-27(35-16-22)41-24-11-12-40-17-24)19-5-7-20(8-6-19)25-13-23(30(31,32)33)10-9-21(25)14-36-28(39)42-29(2,3)4/h5-10,13,15-16,18,24H,11-12,14,17H2,1-4H3,(H,36,39)(H,37,38)/t18-,24+/m1/s1. The van der Waals surface area contributed by atoms with Crippen LogP contribution in [0.15, 0.2) is 54.9 Å². The van der Waals surface area contributed by atoms with Gasteiger partial charge in [-0.1, -0.05) is 30.3 Å². The van der Waals surface area contributed by atoms with Gasteiger partial charge in [-0.2, -0.15) is 13.2 Å². The molecule has 9 nitrogen and oxygen atoms in total. The van der Waals surface area contributed by atoms with Crippen LogP contribution < -0.4 is 15.4 Å². The Bertz CT molecular complexity index is 1380. The van der Waals surface area contributed by atoms with Gasteiger partial charge >= 0.3 is 18.3 Å². The van der Waals surface area contributed by atoms with Crippen molar-refractivity contribution in [1.82, 2.24) is 20.6 Å². The van der Waals surface area contributed by atoms with E-state index in [2.05, 4.69) is 20.6 Å². The van der Waals surface area contributed by atoms with Crippen LogP contribution in [0.25, 0.3) is 11.1 Å². The van der Waals surface area contributed by atoms with Crippen LogP contribution in [0.2, 0.25) is 0 Å². The van der Waals surface area contributed by atoms with E-state index in [4.69, 9.17) is 14.2 Å². The highest BCUT2D eigenvalue weighted by molar-refractivity contribution is 5.93. The van der Waals surface area contributed by atoms with E-state index >= 15 is 0 Å². The Hall–Kier alpha value is -4.19. The number of ether oxygens (including phenoxy) is 3. The average Bonchev–Trinajstić information content (AvgIpc) is 3.44. The molecule has 3 aromatic rings. The maximum absolute atomic E-state index is 13.5. The van der Waals surface area contributed by atoms with Gasteiger partial charge in [0.2, 0.25) is 0 Å². The van der Waals surface area contributed by atoms with Gasteiger partial charge in [-0.25, -0.2) is 14.8 Å².